The van der Waals surface area contributed by atoms with E-state index < -0.39 is 0 Å². The van der Waals surface area contributed by atoms with Gasteiger partial charge in [-0.25, -0.2) is 9.37 Å². The van der Waals surface area contributed by atoms with Crippen LogP contribution in [0.15, 0.2) is 30.7 Å². The normalized spacial score (nSPS) is 10.9. The van der Waals surface area contributed by atoms with Crippen molar-refractivity contribution in [3.63, 3.8) is 0 Å². The average Bonchev–Trinajstić information content (AvgIpc) is 2.79. The predicted molar refractivity (Wildman–Crippen MR) is 71.3 cm³/mol. The molecule has 1 aromatic carbocycles. The number of anilines is 1. The summed E-state index contributed by atoms with van der Waals surface area (Å²) >= 11 is 5.99. The highest BCUT2D eigenvalue weighted by atomic mass is 35.5. The molecule has 0 unspecified atom stereocenters. The highest BCUT2D eigenvalue weighted by Crippen LogP contribution is 2.23. The maximum absolute atomic E-state index is 13.1. The van der Waals surface area contributed by atoms with Crippen molar-refractivity contribution in [3.05, 3.63) is 47.3 Å². The third-order valence-corrected chi connectivity index (χ3v) is 3.02. The summed E-state index contributed by atoms with van der Waals surface area (Å²) in [5, 5.41) is 3.63. The molecule has 0 aliphatic rings. The minimum Gasteiger partial charge on any atom is -0.378 e. The van der Waals surface area contributed by atoms with Crippen molar-refractivity contribution in [3.8, 4) is 0 Å². The molecule has 0 spiro atoms. The Balaban J connectivity index is 2.11. The van der Waals surface area contributed by atoms with Crippen LogP contribution in [-0.2, 0) is 6.54 Å². The first-order valence-corrected chi connectivity index (χ1v) is 6.15. The molecule has 2 rings (SSSR count). The topological polar surface area (TPSA) is 29.9 Å². The number of imidazole rings is 1. The van der Waals surface area contributed by atoms with Crippen LogP contribution in [0.4, 0.5) is 10.1 Å². The Morgan fingerprint density at radius 3 is 2.94 bits per heavy atom. The first-order chi connectivity index (χ1) is 8.58. The molecule has 0 aliphatic carbocycles. The number of aromatic nitrogens is 2. The van der Waals surface area contributed by atoms with Gasteiger partial charge in [-0.3, -0.25) is 0 Å². The molecule has 5 heteroatoms. The molecule has 18 heavy (non-hydrogen) atoms. The van der Waals surface area contributed by atoms with Gasteiger partial charge >= 0.3 is 0 Å². The van der Waals surface area contributed by atoms with Crippen LogP contribution < -0.4 is 5.32 Å². The highest BCUT2D eigenvalue weighted by Gasteiger charge is 2.06. The minimum atomic E-state index is -0.306. The molecule has 0 saturated carbocycles. The number of rotatable bonds is 4. The SMILES string of the molecule is CC(C)n1cncc1CNc1cc(F)ccc1Cl. The first kappa shape index (κ1) is 12.9. The fraction of sp³-hybridized carbons (Fsp3) is 0.308. The average molecular weight is 268 g/mol. The summed E-state index contributed by atoms with van der Waals surface area (Å²) < 4.78 is 15.2. The zero-order valence-electron chi connectivity index (χ0n) is 10.3. The van der Waals surface area contributed by atoms with Gasteiger partial charge in [-0.05, 0) is 32.0 Å². The van der Waals surface area contributed by atoms with Crippen molar-refractivity contribution in [1.82, 2.24) is 9.55 Å². The summed E-state index contributed by atoms with van der Waals surface area (Å²) in [6.45, 7) is 4.72. The van der Waals surface area contributed by atoms with Gasteiger partial charge in [0, 0.05) is 12.2 Å². The summed E-state index contributed by atoms with van der Waals surface area (Å²) in [5.74, 6) is -0.306. The second-order valence-electron chi connectivity index (χ2n) is 4.36. The lowest BCUT2D eigenvalue weighted by Crippen LogP contribution is -2.09. The van der Waals surface area contributed by atoms with Crippen molar-refractivity contribution >= 4 is 17.3 Å². The van der Waals surface area contributed by atoms with Crippen LogP contribution in [0.2, 0.25) is 5.02 Å². The molecule has 0 amide bonds. The van der Waals surface area contributed by atoms with Crippen LogP contribution in [0.1, 0.15) is 25.6 Å². The van der Waals surface area contributed by atoms with Gasteiger partial charge in [0.15, 0.2) is 0 Å². The van der Waals surface area contributed by atoms with E-state index in [1.165, 1.54) is 12.1 Å². The first-order valence-electron chi connectivity index (χ1n) is 5.77. The minimum absolute atomic E-state index is 0.306. The van der Waals surface area contributed by atoms with Crippen LogP contribution in [-0.4, -0.2) is 9.55 Å². The maximum Gasteiger partial charge on any atom is 0.125 e. The van der Waals surface area contributed by atoms with E-state index in [4.69, 9.17) is 11.6 Å². The van der Waals surface area contributed by atoms with Gasteiger partial charge < -0.3 is 9.88 Å². The number of nitrogens with one attached hydrogen (secondary N) is 1. The molecular weight excluding hydrogens is 253 g/mol. The summed E-state index contributed by atoms with van der Waals surface area (Å²) in [5.41, 5.74) is 1.62. The molecule has 0 fully saturated rings. The summed E-state index contributed by atoms with van der Waals surface area (Å²) in [7, 11) is 0. The second-order valence-corrected chi connectivity index (χ2v) is 4.77. The van der Waals surface area contributed by atoms with Gasteiger partial charge in [-0.1, -0.05) is 11.6 Å². The smallest absolute Gasteiger partial charge is 0.125 e. The monoisotopic (exact) mass is 267 g/mol. The number of halogens is 2. The zero-order chi connectivity index (χ0) is 13.1. The molecule has 0 bridgehead atoms. The lowest BCUT2D eigenvalue weighted by Gasteiger charge is -2.13. The van der Waals surface area contributed by atoms with Gasteiger partial charge in [0.2, 0.25) is 0 Å². The summed E-state index contributed by atoms with van der Waals surface area (Å²) in [6, 6.07) is 4.61. The Morgan fingerprint density at radius 2 is 2.22 bits per heavy atom. The standard InChI is InChI=1S/C13H15ClFN3/c1-9(2)18-8-16-6-11(18)7-17-13-5-10(15)3-4-12(13)14/h3-6,8-9,17H,7H2,1-2H3. The molecule has 1 aromatic heterocycles. The maximum atomic E-state index is 13.1. The van der Waals surface area contributed by atoms with Crippen LogP contribution in [0.25, 0.3) is 0 Å². The molecule has 0 saturated heterocycles. The fourth-order valence-corrected chi connectivity index (χ4v) is 1.94. The Labute approximate surface area is 111 Å². The molecule has 96 valence electrons. The molecule has 2 aromatic rings. The molecule has 0 atom stereocenters. The number of nitrogens with zero attached hydrogens (tertiary/aromatic N) is 2. The van der Waals surface area contributed by atoms with Crippen LogP contribution >= 0.6 is 11.6 Å². The van der Waals surface area contributed by atoms with E-state index in [0.29, 0.717) is 23.3 Å². The van der Waals surface area contributed by atoms with Crippen molar-refractivity contribution in [2.75, 3.05) is 5.32 Å². The second kappa shape index (κ2) is 5.40. The third kappa shape index (κ3) is 2.82. The third-order valence-electron chi connectivity index (χ3n) is 2.69. The zero-order valence-corrected chi connectivity index (χ0v) is 11.1. The van der Waals surface area contributed by atoms with Crippen molar-refractivity contribution < 1.29 is 4.39 Å². The number of hydrogen-bond donors (Lipinski definition) is 1. The van der Waals surface area contributed by atoms with E-state index in [1.54, 1.807) is 18.6 Å². The van der Waals surface area contributed by atoms with E-state index in [-0.39, 0.29) is 5.82 Å². The Kier molecular flexibility index (Phi) is 3.87. The van der Waals surface area contributed by atoms with Crippen LogP contribution in [0, 0.1) is 5.82 Å². The molecule has 1 N–H and O–H groups in total. The van der Waals surface area contributed by atoms with Gasteiger partial charge in [0.25, 0.3) is 0 Å². The Bertz CT molecular complexity index is 537. The quantitative estimate of drug-likeness (QED) is 0.911. The molecule has 3 nitrogen and oxygen atoms in total. The van der Waals surface area contributed by atoms with E-state index in [0.717, 1.165) is 5.69 Å². The van der Waals surface area contributed by atoms with E-state index in [2.05, 4.69) is 28.7 Å². The van der Waals surface area contributed by atoms with Crippen molar-refractivity contribution in [2.45, 2.75) is 26.4 Å². The largest absolute Gasteiger partial charge is 0.378 e. The Hall–Kier alpha value is -1.55. The Morgan fingerprint density at radius 1 is 1.44 bits per heavy atom. The van der Waals surface area contributed by atoms with E-state index >= 15 is 0 Å². The molecule has 1 heterocycles. The van der Waals surface area contributed by atoms with E-state index in [1.807, 2.05) is 0 Å². The lowest BCUT2D eigenvalue weighted by atomic mass is 10.3. The van der Waals surface area contributed by atoms with Crippen molar-refractivity contribution in [2.24, 2.45) is 0 Å². The molecular formula is C13H15ClFN3. The predicted octanol–water partition coefficient (Wildman–Crippen LogP) is 3.87. The van der Waals surface area contributed by atoms with Crippen LogP contribution in [0.3, 0.4) is 0 Å². The fourth-order valence-electron chi connectivity index (χ4n) is 1.75. The number of hydrogen-bond acceptors (Lipinski definition) is 2. The van der Waals surface area contributed by atoms with Gasteiger partial charge in [0.1, 0.15) is 5.82 Å². The molecule has 0 radical (unpaired) electrons. The van der Waals surface area contributed by atoms with Gasteiger partial charge in [0.05, 0.1) is 29.3 Å². The highest BCUT2D eigenvalue weighted by molar-refractivity contribution is 6.33. The van der Waals surface area contributed by atoms with Crippen molar-refractivity contribution in [1.29, 1.82) is 0 Å². The van der Waals surface area contributed by atoms with Gasteiger partial charge in [-0.2, -0.15) is 0 Å². The summed E-state index contributed by atoms with van der Waals surface area (Å²) in [6.07, 6.45) is 3.58. The summed E-state index contributed by atoms with van der Waals surface area (Å²) in [4.78, 5) is 4.11. The molecule has 0 aliphatic heterocycles. The van der Waals surface area contributed by atoms with E-state index in [9.17, 15) is 4.39 Å². The lowest BCUT2D eigenvalue weighted by molar-refractivity contribution is 0.577. The number of benzene rings is 1. The van der Waals surface area contributed by atoms with Gasteiger partial charge in [-0.15, -0.1) is 0 Å². The van der Waals surface area contributed by atoms with Crippen LogP contribution in [0.5, 0.6) is 0 Å².